The Balaban J connectivity index is 1.75. The molecule has 2 N–H and O–H groups in total. The molecule has 1 aliphatic rings. The number of hydrogen-bond donors (Lipinski definition) is 2. The molecule has 2 aromatic rings. The monoisotopic (exact) mass is 328 g/mol. The minimum atomic E-state index is -0.221. The maximum absolute atomic E-state index is 12.5. The number of benzene rings is 1. The van der Waals surface area contributed by atoms with Gasteiger partial charge in [0.1, 0.15) is 6.10 Å². The van der Waals surface area contributed by atoms with Crippen LogP contribution in [0.4, 0.5) is 0 Å². The second-order valence-corrected chi connectivity index (χ2v) is 5.70. The Bertz CT molecular complexity index is 756. The van der Waals surface area contributed by atoms with Gasteiger partial charge in [-0.25, -0.2) is 0 Å². The van der Waals surface area contributed by atoms with Crippen molar-refractivity contribution in [2.45, 2.75) is 18.6 Å². The molecule has 24 heavy (non-hydrogen) atoms. The van der Waals surface area contributed by atoms with Gasteiger partial charge in [-0.1, -0.05) is 6.07 Å². The molecular formula is C17H20N4O3. The van der Waals surface area contributed by atoms with Gasteiger partial charge in [0.05, 0.1) is 11.7 Å². The van der Waals surface area contributed by atoms with Gasteiger partial charge in [0.25, 0.3) is 11.8 Å². The van der Waals surface area contributed by atoms with E-state index in [-0.39, 0.29) is 24.0 Å². The average Bonchev–Trinajstić information content (AvgIpc) is 3.22. The molecule has 0 unspecified atom stereocenters. The van der Waals surface area contributed by atoms with Crippen molar-refractivity contribution in [2.75, 3.05) is 13.7 Å². The molecule has 0 bridgehead atoms. The summed E-state index contributed by atoms with van der Waals surface area (Å²) >= 11 is 0. The second-order valence-electron chi connectivity index (χ2n) is 5.70. The lowest BCUT2D eigenvalue weighted by atomic mass is 10.1. The van der Waals surface area contributed by atoms with Crippen LogP contribution in [0.3, 0.4) is 0 Å². The first-order valence-electron chi connectivity index (χ1n) is 7.82. The summed E-state index contributed by atoms with van der Waals surface area (Å²) in [5.41, 5.74) is 1.83. The largest absolute Gasteiger partial charge is 0.370 e. The molecule has 1 aliphatic heterocycles. The summed E-state index contributed by atoms with van der Waals surface area (Å²) in [6, 6.07) is 8.41. The predicted octanol–water partition coefficient (Wildman–Crippen LogP) is 1.04. The fourth-order valence-electron chi connectivity index (χ4n) is 2.89. The standard InChI is InChI=1S/C17H20N4O3/c1-18-16(22)11-4-3-5-12(10-11)17(23)20-13-7-9-24-15(13)14-6-8-19-21(14)2/h3-6,8,10,13,15H,7,9H2,1-2H3,(H,18,22)(H,20,23)/t13-,15-/m0/s1. The van der Waals surface area contributed by atoms with E-state index in [9.17, 15) is 9.59 Å². The lowest BCUT2D eigenvalue weighted by Gasteiger charge is -2.20. The smallest absolute Gasteiger partial charge is 0.251 e. The van der Waals surface area contributed by atoms with E-state index in [2.05, 4.69) is 15.7 Å². The fourth-order valence-corrected chi connectivity index (χ4v) is 2.89. The van der Waals surface area contributed by atoms with Gasteiger partial charge in [-0.05, 0) is 30.7 Å². The van der Waals surface area contributed by atoms with Crippen LogP contribution < -0.4 is 10.6 Å². The van der Waals surface area contributed by atoms with Gasteiger partial charge in [-0.15, -0.1) is 0 Å². The second kappa shape index (κ2) is 6.84. The molecule has 1 aromatic heterocycles. The molecule has 0 spiro atoms. The van der Waals surface area contributed by atoms with E-state index in [1.54, 1.807) is 42.2 Å². The van der Waals surface area contributed by atoms with E-state index in [1.807, 2.05) is 13.1 Å². The molecule has 1 fully saturated rings. The quantitative estimate of drug-likeness (QED) is 0.878. The summed E-state index contributed by atoms with van der Waals surface area (Å²) < 4.78 is 7.52. The molecule has 126 valence electrons. The topological polar surface area (TPSA) is 85.2 Å². The minimum absolute atomic E-state index is 0.128. The van der Waals surface area contributed by atoms with Gasteiger partial charge in [0.15, 0.2) is 0 Å². The zero-order valence-corrected chi connectivity index (χ0v) is 13.7. The van der Waals surface area contributed by atoms with Crippen molar-refractivity contribution in [1.29, 1.82) is 0 Å². The Morgan fingerprint density at radius 3 is 2.67 bits per heavy atom. The first-order valence-corrected chi connectivity index (χ1v) is 7.82. The van der Waals surface area contributed by atoms with Gasteiger partial charge in [-0.2, -0.15) is 5.10 Å². The van der Waals surface area contributed by atoms with E-state index >= 15 is 0 Å². The molecule has 3 rings (SSSR count). The maximum Gasteiger partial charge on any atom is 0.251 e. The highest BCUT2D eigenvalue weighted by atomic mass is 16.5. The van der Waals surface area contributed by atoms with Crippen LogP contribution in [0.2, 0.25) is 0 Å². The molecular weight excluding hydrogens is 308 g/mol. The number of aryl methyl sites for hydroxylation is 1. The van der Waals surface area contributed by atoms with Crippen molar-refractivity contribution in [3.05, 3.63) is 53.3 Å². The summed E-state index contributed by atoms with van der Waals surface area (Å²) in [7, 11) is 3.41. The molecule has 1 aromatic carbocycles. The zero-order valence-electron chi connectivity index (χ0n) is 13.7. The molecule has 1 saturated heterocycles. The number of nitrogens with one attached hydrogen (secondary N) is 2. The fraction of sp³-hybridized carbons (Fsp3) is 0.353. The molecule has 2 heterocycles. The normalized spacial score (nSPS) is 19.9. The molecule has 7 nitrogen and oxygen atoms in total. The van der Waals surface area contributed by atoms with E-state index in [4.69, 9.17) is 4.74 Å². The highest BCUT2D eigenvalue weighted by Gasteiger charge is 2.33. The van der Waals surface area contributed by atoms with Crippen LogP contribution in [0.1, 0.15) is 38.9 Å². The van der Waals surface area contributed by atoms with E-state index in [1.165, 1.54) is 0 Å². The summed E-state index contributed by atoms with van der Waals surface area (Å²) in [5.74, 6) is -0.440. The molecule has 0 saturated carbocycles. The van der Waals surface area contributed by atoms with Crippen LogP contribution in [0.15, 0.2) is 36.5 Å². The number of hydrogen-bond acceptors (Lipinski definition) is 4. The Labute approximate surface area is 140 Å². The molecule has 7 heteroatoms. The summed E-state index contributed by atoms with van der Waals surface area (Å²) in [6.45, 7) is 0.582. The van der Waals surface area contributed by atoms with Crippen molar-refractivity contribution in [1.82, 2.24) is 20.4 Å². The number of carbonyl (C=O) groups is 2. The van der Waals surface area contributed by atoms with Crippen LogP contribution in [-0.4, -0.2) is 41.3 Å². The lowest BCUT2D eigenvalue weighted by Crippen LogP contribution is -2.37. The number of amides is 2. The summed E-state index contributed by atoms with van der Waals surface area (Å²) in [5, 5.41) is 9.71. The molecule has 0 aliphatic carbocycles. The minimum Gasteiger partial charge on any atom is -0.370 e. The van der Waals surface area contributed by atoms with E-state index < -0.39 is 0 Å². The third kappa shape index (κ3) is 3.16. The van der Waals surface area contributed by atoms with Crippen molar-refractivity contribution in [3.8, 4) is 0 Å². The molecule has 0 radical (unpaired) electrons. The maximum atomic E-state index is 12.5. The van der Waals surface area contributed by atoms with Crippen LogP contribution in [0.25, 0.3) is 0 Å². The van der Waals surface area contributed by atoms with Crippen LogP contribution >= 0.6 is 0 Å². The van der Waals surface area contributed by atoms with Gasteiger partial charge in [0, 0.05) is 38.0 Å². The van der Waals surface area contributed by atoms with Crippen LogP contribution in [0, 0.1) is 0 Å². The van der Waals surface area contributed by atoms with Crippen molar-refractivity contribution < 1.29 is 14.3 Å². The highest BCUT2D eigenvalue weighted by Crippen LogP contribution is 2.28. The van der Waals surface area contributed by atoms with E-state index in [0.29, 0.717) is 17.7 Å². The lowest BCUT2D eigenvalue weighted by molar-refractivity contribution is 0.0792. The summed E-state index contributed by atoms with van der Waals surface area (Å²) in [4.78, 5) is 24.2. The highest BCUT2D eigenvalue weighted by molar-refractivity contribution is 5.99. The number of carbonyl (C=O) groups excluding carboxylic acids is 2. The third-order valence-corrected chi connectivity index (χ3v) is 4.17. The van der Waals surface area contributed by atoms with Gasteiger partial charge in [0.2, 0.25) is 0 Å². The third-order valence-electron chi connectivity index (χ3n) is 4.17. The number of ether oxygens (including phenoxy) is 1. The zero-order chi connectivity index (χ0) is 17.1. The Morgan fingerprint density at radius 2 is 2.00 bits per heavy atom. The summed E-state index contributed by atoms with van der Waals surface area (Å²) in [6.07, 6.45) is 2.22. The average molecular weight is 328 g/mol. The van der Waals surface area contributed by atoms with Crippen molar-refractivity contribution in [2.24, 2.45) is 7.05 Å². The molecule has 2 amide bonds. The molecule has 2 atom stereocenters. The SMILES string of the molecule is CNC(=O)c1cccc(C(=O)N[C@H]2CCO[C@@H]2c2ccnn2C)c1. The number of nitrogens with zero attached hydrogens (tertiary/aromatic N) is 2. The van der Waals surface area contributed by atoms with Crippen LogP contribution in [-0.2, 0) is 11.8 Å². The Hall–Kier alpha value is -2.67. The number of aromatic nitrogens is 2. The van der Waals surface area contributed by atoms with Gasteiger partial charge < -0.3 is 15.4 Å². The first kappa shape index (κ1) is 16.2. The van der Waals surface area contributed by atoms with Gasteiger partial charge >= 0.3 is 0 Å². The number of rotatable bonds is 4. The van der Waals surface area contributed by atoms with Crippen molar-refractivity contribution in [3.63, 3.8) is 0 Å². The predicted molar refractivity (Wildman–Crippen MR) is 87.6 cm³/mol. The Kier molecular flexibility index (Phi) is 4.61. The van der Waals surface area contributed by atoms with Gasteiger partial charge in [-0.3, -0.25) is 14.3 Å². The van der Waals surface area contributed by atoms with Crippen LogP contribution in [0.5, 0.6) is 0 Å². The Morgan fingerprint density at radius 1 is 1.25 bits per heavy atom. The van der Waals surface area contributed by atoms with E-state index in [0.717, 1.165) is 12.1 Å². The first-order chi connectivity index (χ1) is 11.6. The van der Waals surface area contributed by atoms with Crippen molar-refractivity contribution >= 4 is 11.8 Å².